The van der Waals surface area contributed by atoms with E-state index in [0.29, 0.717) is 46.1 Å². The molecular formula is C14H23N3O4. The van der Waals surface area contributed by atoms with Crippen LogP contribution in [0.15, 0.2) is 11.1 Å². The van der Waals surface area contributed by atoms with E-state index in [9.17, 15) is 4.79 Å². The van der Waals surface area contributed by atoms with Gasteiger partial charge in [0, 0.05) is 19.2 Å². The Kier molecular flexibility index (Phi) is 6.81. The smallest absolute Gasteiger partial charge is 0.256 e. The maximum atomic E-state index is 12.3. The maximum Gasteiger partial charge on any atom is 0.256 e. The van der Waals surface area contributed by atoms with Gasteiger partial charge in [0.05, 0.1) is 51.6 Å². The number of nitrogens with zero attached hydrogens (tertiary/aromatic N) is 2. The maximum absolute atomic E-state index is 12.3. The van der Waals surface area contributed by atoms with Crippen LogP contribution in [-0.2, 0) is 33.7 Å². The van der Waals surface area contributed by atoms with Crippen molar-refractivity contribution in [1.82, 2.24) is 14.9 Å². The highest BCUT2D eigenvalue weighted by Crippen LogP contribution is 2.05. The highest BCUT2D eigenvalue weighted by Gasteiger charge is 2.14. The highest BCUT2D eigenvalue weighted by atomic mass is 16.5. The number of nitrogens with one attached hydrogen (secondary N) is 1. The van der Waals surface area contributed by atoms with E-state index in [-0.39, 0.29) is 5.56 Å². The molecule has 2 rings (SSSR count). The molecule has 1 N–H and O–H groups in total. The van der Waals surface area contributed by atoms with Gasteiger partial charge >= 0.3 is 0 Å². The van der Waals surface area contributed by atoms with Gasteiger partial charge in [-0.1, -0.05) is 0 Å². The molecule has 0 atom stereocenters. The Morgan fingerprint density at radius 3 is 2.81 bits per heavy atom. The topological polar surface area (TPSA) is 74.6 Å². The number of rotatable bonds is 9. The van der Waals surface area contributed by atoms with Crippen LogP contribution in [0.25, 0.3) is 0 Å². The Balaban J connectivity index is 1.70. The van der Waals surface area contributed by atoms with E-state index in [1.807, 2.05) is 0 Å². The van der Waals surface area contributed by atoms with Crippen molar-refractivity contribution < 1.29 is 14.2 Å². The summed E-state index contributed by atoms with van der Waals surface area (Å²) in [5, 5.41) is 3.21. The second kappa shape index (κ2) is 8.89. The molecule has 0 bridgehead atoms. The SMILES string of the molecule is COCCOCCOCCn1cnc2c(c1=O)CCNC2. The van der Waals surface area contributed by atoms with E-state index in [2.05, 4.69) is 10.3 Å². The van der Waals surface area contributed by atoms with Crippen molar-refractivity contribution >= 4 is 0 Å². The molecule has 21 heavy (non-hydrogen) atoms. The minimum absolute atomic E-state index is 0.0569. The van der Waals surface area contributed by atoms with E-state index < -0.39 is 0 Å². The lowest BCUT2D eigenvalue weighted by Crippen LogP contribution is -2.34. The highest BCUT2D eigenvalue weighted by molar-refractivity contribution is 5.19. The van der Waals surface area contributed by atoms with Crippen molar-refractivity contribution in [3.05, 3.63) is 27.9 Å². The molecule has 0 amide bonds. The fourth-order valence-corrected chi connectivity index (χ4v) is 2.18. The Labute approximate surface area is 124 Å². The summed E-state index contributed by atoms with van der Waals surface area (Å²) >= 11 is 0. The molecule has 0 aliphatic carbocycles. The fraction of sp³-hybridized carbons (Fsp3) is 0.714. The molecule has 7 heteroatoms. The van der Waals surface area contributed by atoms with Gasteiger partial charge in [-0.3, -0.25) is 9.36 Å². The monoisotopic (exact) mass is 297 g/mol. The van der Waals surface area contributed by atoms with Gasteiger partial charge in [0.25, 0.3) is 5.56 Å². The van der Waals surface area contributed by atoms with Gasteiger partial charge < -0.3 is 19.5 Å². The summed E-state index contributed by atoms with van der Waals surface area (Å²) < 4.78 is 17.2. The molecule has 0 radical (unpaired) electrons. The van der Waals surface area contributed by atoms with E-state index in [4.69, 9.17) is 14.2 Å². The number of fused-ring (bicyclic) bond motifs is 1. The zero-order valence-corrected chi connectivity index (χ0v) is 12.5. The standard InChI is InChI=1S/C14H23N3O4/c1-19-6-7-21-9-8-20-5-4-17-11-16-13-10-15-3-2-12(13)14(17)18/h11,15H,2-10H2,1H3. The zero-order valence-electron chi connectivity index (χ0n) is 12.5. The molecular weight excluding hydrogens is 274 g/mol. The first-order valence-electron chi connectivity index (χ1n) is 7.25. The number of methoxy groups -OCH3 is 1. The average Bonchev–Trinajstić information content (AvgIpc) is 2.52. The van der Waals surface area contributed by atoms with Crippen LogP contribution in [-0.4, -0.2) is 56.2 Å². The number of ether oxygens (including phenoxy) is 3. The minimum Gasteiger partial charge on any atom is -0.382 e. The lowest BCUT2D eigenvalue weighted by Gasteiger charge is -2.16. The summed E-state index contributed by atoms with van der Waals surface area (Å²) in [7, 11) is 1.64. The summed E-state index contributed by atoms with van der Waals surface area (Å²) in [6.45, 7) is 4.72. The molecule has 0 unspecified atom stereocenters. The summed E-state index contributed by atoms with van der Waals surface area (Å²) in [4.78, 5) is 16.6. The molecule has 118 valence electrons. The molecule has 0 saturated carbocycles. The van der Waals surface area contributed by atoms with Crippen molar-refractivity contribution in [3.8, 4) is 0 Å². The molecule has 0 aromatic carbocycles. The van der Waals surface area contributed by atoms with Crippen LogP contribution >= 0.6 is 0 Å². The molecule has 1 aromatic rings. The number of hydrogen-bond acceptors (Lipinski definition) is 6. The van der Waals surface area contributed by atoms with Crippen LogP contribution in [0.2, 0.25) is 0 Å². The third kappa shape index (κ3) is 4.89. The van der Waals surface area contributed by atoms with E-state index in [1.54, 1.807) is 18.0 Å². The van der Waals surface area contributed by atoms with Crippen LogP contribution < -0.4 is 10.9 Å². The van der Waals surface area contributed by atoms with Gasteiger partial charge in [0.1, 0.15) is 0 Å². The fourth-order valence-electron chi connectivity index (χ4n) is 2.18. The Hall–Kier alpha value is -1.28. The third-order valence-corrected chi connectivity index (χ3v) is 3.34. The normalized spacial score (nSPS) is 14.1. The molecule has 1 aliphatic heterocycles. The summed E-state index contributed by atoms with van der Waals surface area (Å²) in [5.41, 5.74) is 1.76. The first kappa shape index (κ1) is 16.1. The summed E-state index contributed by atoms with van der Waals surface area (Å²) in [6.07, 6.45) is 2.35. The average molecular weight is 297 g/mol. The lowest BCUT2D eigenvalue weighted by atomic mass is 10.1. The second-order valence-corrected chi connectivity index (χ2v) is 4.81. The first-order chi connectivity index (χ1) is 10.3. The molecule has 2 heterocycles. The second-order valence-electron chi connectivity index (χ2n) is 4.81. The summed E-state index contributed by atoms with van der Waals surface area (Å²) in [5.74, 6) is 0. The quantitative estimate of drug-likeness (QED) is 0.623. The zero-order chi connectivity index (χ0) is 14.9. The minimum atomic E-state index is 0.0569. The van der Waals surface area contributed by atoms with Crippen LogP contribution in [0.1, 0.15) is 11.3 Å². The van der Waals surface area contributed by atoms with E-state index >= 15 is 0 Å². The van der Waals surface area contributed by atoms with Crippen molar-refractivity contribution in [2.75, 3.05) is 46.7 Å². The van der Waals surface area contributed by atoms with Crippen molar-refractivity contribution in [1.29, 1.82) is 0 Å². The van der Waals surface area contributed by atoms with Crippen LogP contribution in [0.4, 0.5) is 0 Å². The Morgan fingerprint density at radius 1 is 1.24 bits per heavy atom. The first-order valence-corrected chi connectivity index (χ1v) is 7.25. The molecule has 7 nitrogen and oxygen atoms in total. The van der Waals surface area contributed by atoms with Gasteiger partial charge in [0.15, 0.2) is 0 Å². The van der Waals surface area contributed by atoms with Gasteiger partial charge in [-0.15, -0.1) is 0 Å². The molecule has 0 fully saturated rings. The number of aromatic nitrogens is 2. The van der Waals surface area contributed by atoms with Gasteiger partial charge in [-0.05, 0) is 13.0 Å². The molecule has 1 aromatic heterocycles. The predicted molar refractivity (Wildman–Crippen MR) is 77.4 cm³/mol. The van der Waals surface area contributed by atoms with Crippen molar-refractivity contribution in [2.45, 2.75) is 19.5 Å². The van der Waals surface area contributed by atoms with Crippen LogP contribution in [0, 0.1) is 0 Å². The van der Waals surface area contributed by atoms with Crippen molar-refractivity contribution in [2.24, 2.45) is 0 Å². The molecule has 0 saturated heterocycles. The van der Waals surface area contributed by atoms with Crippen molar-refractivity contribution in [3.63, 3.8) is 0 Å². The largest absolute Gasteiger partial charge is 0.382 e. The van der Waals surface area contributed by atoms with Crippen LogP contribution in [0.5, 0.6) is 0 Å². The Bertz CT molecular complexity index is 490. The molecule has 1 aliphatic rings. The molecule has 0 spiro atoms. The van der Waals surface area contributed by atoms with Crippen LogP contribution in [0.3, 0.4) is 0 Å². The van der Waals surface area contributed by atoms with Gasteiger partial charge in [-0.2, -0.15) is 0 Å². The van der Waals surface area contributed by atoms with E-state index in [1.165, 1.54) is 0 Å². The number of hydrogen-bond donors (Lipinski definition) is 1. The van der Waals surface area contributed by atoms with Gasteiger partial charge in [0.2, 0.25) is 0 Å². The summed E-state index contributed by atoms with van der Waals surface area (Å²) in [6, 6.07) is 0. The predicted octanol–water partition coefficient (Wildman–Crippen LogP) is -0.431. The third-order valence-electron chi connectivity index (χ3n) is 3.34. The lowest BCUT2D eigenvalue weighted by molar-refractivity contribution is 0.0228. The van der Waals surface area contributed by atoms with E-state index in [0.717, 1.165) is 24.2 Å². The van der Waals surface area contributed by atoms with Gasteiger partial charge in [-0.25, -0.2) is 4.98 Å². The Morgan fingerprint density at radius 2 is 2.00 bits per heavy atom.